The monoisotopic (exact) mass is 611 g/mol. The molecule has 0 saturated carbocycles. The molecule has 2 amide bonds. The van der Waals surface area contributed by atoms with Crippen LogP contribution in [0.5, 0.6) is 0 Å². The number of likely N-dealkylation sites (tertiary alicyclic amines) is 2. The van der Waals surface area contributed by atoms with Gasteiger partial charge in [0, 0.05) is 67.0 Å². The van der Waals surface area contributed by atoms with Gasteiger partial charge in [-0.15, -0.1) is 0 Å². The second kappa shape index (κ2) is 11.4. The van der Waals surface area contributed by atoms with Crippen molar-refractivity contribution in [3.63, 3.8) is 0 Å². The first-order valence-corrected chi connectivity index (χ1v) is 15.3. The fourth-order valence-electron chi connectivity index (χ4n) is 6.81. The molecule has 0 spiro atoms. The summed E-state index contributed by atoms with van der Waals surface area (Å²) in [5.41, 5.74) is 6.34. The SMILES string of the molecule is CC(C)N1CC2CC1CN2Cc1cc(-c2ccccc2Cl)c2c(c1)N(c1c(Cl)cc(CN(C)C)cc1Cl)C(=O)NC2. The van der Waals surface area contributed by atoms with Crippen molar-refractivity contribution in [2.24, 2.45) is 0 Å². The molecule has 6 rings (SSSR count). The predicted octanol–water partition coefficient (Wildman–Crippen LogP) is 7.40. The van der Waals surface area contributed by atoms with E-state index in [9.17, 15) is 4.79 Å². The third-order valence-corrected chi connectivity index (χ3v) is 9.46. The highest BCUT2D eigenvalue weighted by atomic mass is 35.5. The molecule has 0 radical (unpaired) electrons. The number of anilines is 2. The van der Waals surface area contributed by atoms with Crippen LogP contribution in [0.2, 0.25) is 15.1 Å². The summed E-state index contributed by atoms with van der Waals surface area (Å²) in [5, 5.41) is 4.60. The van der Waals surface area contributed by atoms with Gasteiger partial charge in [0.25, 0.3) is 0 Å². The summed E-state index contributed by atoms with van der Waals surface area (Å²) in [7, 11) is 3.99. The number of nitrogens with zero attached hydrogens (tertiary/aromatic N) is 4. The topological polar surface area (TPSA) is 42.1 Å². The van der Waals surface area contributed by atoms with Crippen LogP contribution >= 0.6 is 34.8 Å². The molecule has 216 valence electrons. The largest absolute Gasteiger partial charge is 0.333 e. The minimum Gasteiger partial charge on any atom is -0.333 e. The minimum absolute atomic E-state index is 0.253. The van der Waals surface area contributed by atoms with E-state index in [1.165, 1.54) is 6.42 Å². The summed E-state index contributed by atoms with van der Waals surface area (Å²) < 4.78 is 0. The van der Waals surface area contributed by atoms with Gasteiger partial charge in [0.15, 0.2) is 0 Å². The maximum absolute atomic E-state index is 13.5. The molecule has 3 aliphatic rings. The number of halogens is 3. The fraction of sp³-hybridized carbons (Fsp3) is 0.406. The molecular formula is C32H36Cl3N5O. The molecule has 0 aromatic heterocycles. The highest BCUT2D eigenvalue weighted by Gasteiger charge is 2.44. The number of carbonyl (C=O) groups excluding carboxylic acids is 1. The average molecular weight is 613 g/mol. The Morgan fingerprint density at radius 1 is 0.927 bits per heavy atom. The van der Waals surface area contributed by atoms with Gasteiger partial charge in [0.1, 0.15) is 0 Å². The van der Waals surface area contributed by atoms with Crippen LogP contribution in [-0.4, -0.2) is 66.0 Å². The van der Waals surface area contributed by atoms with Crippen molar-refractivity contribution in [2.75, 3.05) is 32.1 Å². The van der Waals surface area contributed by atoms with Gasteiger partial charge < -0.3 is 10.2 Å². The van der Waals surface area contributed by atoms with E-state index in [2.05, 4.69) is 46.0 Å². The highest BCUT2D eigenvalue weighted by Crippen LogP contribution is 2.46. The molecule has 2 unspecified atom stereocenters. The van der Waals surface area contributed by atoms with Crippen molar-refractivity contribution in [3.05, 3.63) is 80.3 Å². The van der Waals surface area contributed by atoms with E-state index >= 15 is 0 Å². The summed E-state index contributed by atoms with van der Waals surface area (Å²) in [5.74, 6) is 0. The Kier molecular flexibility index (Phi) is 8.00. The Labute approximate surface area is 257 Å². The van der Waals surface area contributed by atoms with Gasteiger partial charge in [-0.3, -0.25) is 14.7 Å². The fourth-order valence-corrected chi connectivity index (χ4v) is 7.75. The van der Waals surface area contributed by atoms with Gasteiger partial charge in [-0.25, -0.2) is 4.79 Å². The lowest BCUT2D eigenvalue weighted by Crippen LogP contribution is -2.48. The predicted molar refractivity (Wildman–Crippen MR) is 170 cm³/mol. The van der Waals surface area contributed by atoms with Gasteiger partial charge in [-0.1, -0.05) is 53.0 Å². The third kappa shape index (κ3) is 5.47. The number of fused-ring (bicyclic) bond motifs is 3. The van der Waals surface area contributed by atoms with E-state index in [-0.39, 0.29) is 6.03 Å². The summed E-state index contributed by atoms with van der Waals surface area (Å²) in [6.07, 6.45) is 1.21. The zero-order chi connectivity index (χ0) is 29.0. The van der Waals surface area contributed by atoms with Crippen LogP contribution < -0.4 is 10.2 Å². The van der Waals surface area contributed by atoms with E-state index in [1.807, 2.05) is 50.5 Å². The molecular weight excluding hydrogens is 577 g/mol. The normalized spacial score (nSPS) is 20.8. The molecule has 2 fully saturated rings. The molecule has 0 aliphatic carbocycles. The lowest BCUT2D eigenvalue weighted by molar-refractivity contribution is 0.0999. The average Bonchev–Trinajstić information content (AvgIpc) is 3.50. The summed E-state index contributed by atoms with van der Waals surface area (Å²) in [4.78, 5) is 22.5. The van der Waals surface area contributed by atoms with Crippen LogP contribution in [0.3, 0.4) is 0 Å². The second-order valence-corrected chi connectivity index (χ2v) is 13.2. The molecule has 9 heteroatoms. The highest BCUT2D eigenvalue weighted by molar-refractivity contribution is 6.40. The first-order chi connectivity index (χ1) is 19.6. The third-order valence-electron chi connectivity index (χ3n) is 8.56. The van der Waals surface area contributed by atoms with E-state index in [1.54, 1.807) is 4.90 Å². The Hall–Kier alpha value is -2.32. The van der Waals surface area contributed by atoms with Crippen molar-refractivity contribution in [3.8, 4) is 11.1 Å². The van der Waals surface area contributed by atoms with Crippen molar-refractivity contribution >= 4 is 52.2 Å². The molecule has 6 nitrogen and oxygen atoms in total. The number of amides is 2. The van der Waals surface area contributed by atoms with Crippen molar-refractivity contribution in [1.29, 1.82) is 0 Å². The molecule has 2 saturated heterocycles. The number of rotatable bonds is 7. The first-order valence-electron chi connectivity index (χ1n) is 14.2. The molecule has 41 heavy (non-hydrogen) atoms. The van der Waals surface area contributed by atoms with Gasteiger partial charge in [-0.2, -0.15) is 0 Å². The standard InChI is InChI=1S/C32H36Cl3N5O/c1-19(2)39-18-22-13-23(39)17-38(22)16-20-9-25(24-7-5-6-8-27(24)33)26-14-36-32(41)40(30(26)12-20)31-28(34)10-21(11-29(31)35)15-37(3)4/h5-12,19,22-23H,13-18H2,1-4H3,(H,36,41). The van der Waals surface area contributed by atoms with E-state index < -0.39 is 0 Å². The Morgan fingerprint density at radius 2 is 1.66 bits per heavy atom. The van der Waals surface area contributed by atoms with E-state index in [0.717, 1.165) is 53.1 Å². The van der Waals surface area contributed by atoms with Crippen LogP contribution in [-0.2, 0) is 19.6 Å². The lowest BCUT2D eigenvalue weighted by atomic mass is 9.93. The number of piperazine rings is 1. The number of nitrogens with one attached hydrogen (secondary N) is 1. The van der Waals surface area contributed by atoms with Crippen LogP contribution in [0.4, 0.5) is 16.2 Å². The van der Waals surface area contributed by atoms with Crippen molar-refractivity contribution in [1.82, 2.24) is 20.0 Å². The van der Waals surface area contributed by atoms with Crippen molar-refractivity contribution < 1.29 is 4.79 Å². The van der Waals surface area contributed by atoms with Gasteiger partial charge >= 0.3 is 6.03 Å². The summed E-state index contributed by atoms with van der Waals surface area (Å²) in [6, 6.07) is 17.5. The number of carbonyl (C=O) groups is 1. The number of hydrogen-bond donors (Lipinski definition) is 1. The van der Waals surface area contributed by atoms with E-state index in [0.29, 0.717) is 52.0 Å². The molecule has 1 N–H and O–H groups in total. The van der Waals surface area contributed by atoms with E-state index in [4.69, 9.17) is 34.8 Å². The van der Waals surface area contributed by atoms with Crippen LogP contribution in [0, 0.1) is 0 Å². The van der Waals surface area contributed by atoms with Gasteiger partial charge in [0.2, 0.25) is 0 Å². The number of urea groups is 1. The summed E-state index contributed by atoms with van der Waals surface area (Å²) in [6.45, 7) is 8.60. The van der Waals surface area contributed by atoms with Crippen molar-refractivity contribution in [2.45, 2.75) is 58.0 Å². The number of hydrogen-bond acceptors (Lipinski definition) is 4. The van der Waals surface area contributed by atoms with Crippen LogP contribution in [0.25, 0.3) is 11.1 Å². The van der Waals surface area contributed by atoms with Crippen LogP contribution in [0.15, 0.2) is 48.5 Å². The van der Waals surface area contributed by atoms with Crippen LogP contribution in [0.1, 0.15) is 37.0 Å². The lowest BCUT2D eigenvalue weighted by Gasteiger charge is -2.37. The molecule has 3 aliphatic heterocycles. The maximum Gasteiger partial charge on any atom is 0.326 e. The quantitative estimate of drug-likeness (QED) is 0.302. The Balaban J connectivity index is 1.45. The van der Waals surface area contributed by atoms with Gasteiger partial charge in [-0.05, 0) is 81.4 Å². The number of benzene rings is 3. The van der Waals surface area contributed by atoms with Gasteiger partial charge in [0.05, 0.1) is 21.4 Å². The Morgan fingerprint density at radius 3 is 2.29 bits per heavy atom. The molecule has 3 heterocycles. The zero-order valence-corrected chi connectivity index (χ0v) is 26.2. The Bertz CT molecular complexity index is 1470. The maximum atomic E-state index is 13.5. The molecule has 3 aromatic carbocycles. The minimum atomic E-state index is -0.253. The second-order valence-electron chi connectivity index (χ2n) is 12.0. The molecule has 3 aromatic rings. The zero-order valence-electron chi connectivity index (χ0n) is 23.9. The molecule has 2 bridgehead atoms. The smallest absolute Gasteiger partial charge is 0.326 e. The molecule has 2 atom stereocenters. The first kappa shape index (κ1) is 28.8. The summed E-state index contributed by atoms with van der Waals surface area (Å²) >= 11 is 20.5.